The normalized spacial score (nSPS) is 10.3. The van der Waals surface area contributed by atoms with E-state index >= 15 is 0 Å². The molecule has 0 aliphatic rings. The molecule has 0 bridgehead atoms. The first-order chi connectivity index (χ1) is 9.32. The number of ether oxygens (including phenoxy) is 3. The minimum absolute atomic E-state index is 0.0285. The summed E-state index contributed by atoms with van der Waals surface area (Å²) in [6, 6.07) is 0.0285. The van der Waals surface area contributed by atoms with Gasteiger partial charge in [-0.2, -0.15) is 9.97 Å². The lowest BCUT2D eigenvalue weighted by Crippen LogP contribution is -2.17. The monoisotopic (exact) mass is 294 g/mol. The van der Waals surface area contributed by atoms with Gasteiger partial charge < -0.3 is 14.2 Å². The van der Waals surface area contributed by atoms with Crippen LogP contribution >= 0.6 is 0 Å². The molecule has 1 heterocycles. The molecule has 1 aromatic heterocycles. The predicted octanol–water partition coefficient (Wildman–Crippen LogP) is 1.51. The zero-order valence-corrected chi connectivity index (χ0v) is 13.5. The van der Waals surface area contributed by atoms with Crippen LogP contribution in [0.3, 0.4) is 0 Å². The van der Waals surface area contributed by atoms with Crippen molar-refractivity contribution in [1.29, 1.82) is 0 Å². The molecule has 108 valence electrons. The fourth-order valence-corrected chi connectivity index (χ4v) is 1.77. The molecule has 0 saturated heterocycles. The van der Waals surface area contributed by atoms with Crippen LogP contribution in [-0.4, -0.2) is 45.3 Å². The van der Waals surface area contributed by atoms with Crippen LogP contribution < -0.4 is 9.47 Å². The summed E-state index contributed by atoms with van der Waals surface area (Å²) in [5.41, 5.74) is 3.52. The van der Waals surface area contributed by atoms with Gasteiger partial charge in [-0.1, -0.05) is 25.6 Å². The Morgan fingerprint density at radius 2 is 1.75 bits per heavy atom. The summed E-state index contributed by atoms with van der Waals surface area (Å²) in [7, 11) is 2.51. The molecular weight excluding hydrogens is 276 g/mol. The van der Waals surface area contributed by atoms with Gasteiger partial charge in [-0.15, -0.1) is 5.54 Å². The standard InChI is InChI=1S/C13H18N2O4Si/c1-17-11-9(7-8-20(4,5)6)10(12(16)18-2)14-13(15-11)19-3/h1-6H3. The lowest BCUT2D eigenvalue weighted by Gasteiger charge is -2.09. The highest BCUT2D eigenvalue weighted by molar-refractivity contribution is 6.83. The van der Waals surface area contributed by atoms with Crippen molar-refractivity contribution in [3.8, 4) is 23.4 Å². The maximum Gasteiger partial charge on any atom is 0.358 e. The molecule has 6 nitrogen and oxygen atoms in total. The van der Waals surface area contributed by atoms with Crippen molar-refractivity contribution in [2.24, 2.45) is 0 Å². The van der Waals surface area contributed by atoms with Crippen molar-refractivity contribution in [2.75, 3.05) is 21.3 Å². The predicted molar refractivity (Wildman–Crippen MR) is 76.7 cm³/mol. The summed E-state index contributed by atoms with van der Waals surface area (Å²) >= 11 is 0. The van der Waals surface area contributed by atoms with Crippen LogP contribution in [0.2, 0.25) is 19.6 Å². The number of esters is 1. The van der Waals surface area contributed by atoms with Crippen molar-refractivity contribution in [1.82, 2.24) is 9.97 Å². The summed E-state index contributed by atoms with van der Waals surface area (Å²) < 4.78 is 14.8. The Morgan fingerprint density at radius 1 is 1.10 bits per heavy atom. The first kappa shape index (κ1) is 16.0. The fourth-order valence-electron chi connectivity index (χ4n) is 1.27. The summed E-state index contributed by atoms with van der Waals surface area (Å²) in [5, 5.41) is 0. The molecule has 0 aromatic carbocycles. The number of aromatic nitrogens is 2. The summed E-state index contributed by atoms with van der Waals surface area (Å²) in [6.07, 6.45) is 0. The van der Waals surface area contributed by atoms with Gasteiger partial charge in [0.05, 0.1) is 21.3 Å². The van der Waals surface area contributed by atoms with E-state index in [-0.39, 0.29) is 17.6 Å². The number of rotatable bonds is 3. The quantitative estimate of drug-likeness (QED) is 0.478. The number of hydrogen-bond acceptors (Lipinski definition) is 6. The van der Waals surface area contributed by atoms with Gasteiger partial charge in [0.15, 0.2) is 5.69 Å². The molecule has 0 radical (unpaired) electrons. The van der Waals surface area contributed by atoms with Gasteiger partial charge >= 0.3 is 12.0 Å². The topological polar surface area (TPSA) is 70.5 Å². The van der Waals surface area contributed by atoms with Crippen molar-refractivity contribution >= 4 is 14.0 Å². The largest absolute Gasteiger partial charge is 0.480 e. The van der Waals surface area contributed by atoms with Crippen molar-refractivity contribution in [3.05, 3.63) is 11.3 Å². The zero-order chi connectivity index (χ0) is 15.3. The molecule has 20 heavy (non-hydrogen) atoms. The van der Waals surface area contributed by atoms with Crippen LogP contribution in [0.5, 0.6) is 11.9 Å². The average molecular weight is 294 g/mol. The highest BCUT2D eigenvalue weighted by Gasteiger charge is 2.21. The maximum atomic E-state index is 11.8. The van der Waals surface area contributed by atoms with Gasteiger partial charge in [-0.05, 0) is 0 Å². The van der Waals surface area contributed by atoms with Crippen LogP contribution in [0, 0.1) is 11.5 Å². The Morgan fingerprint density at radius 3 is 2.20 bits per heavy atom. The van der Waals surface area contributed by atoms with Gasteiger partial charge in [-0.3, -0.25) is 0 Å². The number of nitrogens with zero attached hydrogens (tertiary/aromatic N) is 2. The molecule has 0 unspecified atom stereocenters. The molecule has 0 saturated carbocycles. The maximum absolute atomic E-state index is 11.8. The highest BCUT2D eigenvalue weighted by atomic mass is 28.3. The zero-order valence-electron chi connectivity index (χ0n) is 12.5. The van der Waals surface area contributed by atoms with Crippen molar-refractivity contribution in [2.45, 2.75) is 19.6 Å². The van der Waals surface area contributed by atoms with E-state index in [1.807, 2.05) is 0 Å². The molecule has 0 atom stereocenters. The molecule has 0 amide bonds. The molecular formula is C13H18N2O4Si. The minimum Gasteiger partial charge on any atom is -0.480 e. The number of carbonyl (C=O) groups is 1. The van der Waals surface area contributed by atoms with Crippen LogP contribution in [0.15, 0.2) is 0 Å². The third kappa shape index (κ3) is 3.96. The van der Waals surface area contributed by atoms with E-state index in [0.29, 0.717) is 5.56 Å². The van der Waals surface area contributed by atoms with E-state index in [2.05, 4.69) is 41.1 Å². The van der Waals surface area contributed by atoms with Crippen LogP contribution in [0.1, 0.15) is 16.1 Å². The Bertz CT molecular complexity index is 570. The van der Waals surface area contributed by atoms with E-state index in [4.69, 9.17) is 14.2 Å². The summed E-state index contributed by atoms with van der Waals surface area (Å²) in [5.74, 6) is 2.53. The third-order valence-corrected chi connectivity index (χ3v) is 3.05. The highest BCUT2D eigenvalue weighted by Crippen LogP contribution is 2.21. The lowest BCUT2D eigenvalue weighted by atomic mass is 10.2. The second-order valence-electron chi connectivity index (χ2n) is 4.93. The van der Waals surface area contributed by atoms with Gasteiger partial charge in [0.25, 0.3) is 0 Å². The van der Waals surface area contributed by atoms with Crippen LogP contribution in [0.4, 0.5) is 0 Å². The molecule has 1 rings (SSSR count). The van der Waals surface area contributed by atoms with E-state index in [1.165, 1.54) is 21.3 Å². The molecule has 1 aromatic rings. The van der Waals surface area contributed by atoms with Crippen LogP contribution in [-0.2, 0) is 4.74 Å². The van der Waals surface area contributed by atoms with Gasteiger partial charge in [0.2, 0.25) is 5.88 Å². The second kappa shape index (κ2) is 6.39. The SMILES string of the molecule is COC(=O)c1nc(OC)nc(OC)c1C#C[Si](C)(C)C. The number of carbonyl (C=O) groups excluding carboxylic acids is 1. The Labute approximate surface area is 119 Å². The first-order valence-electron chi connectivity index (χ1n) is 5.94. The van der Waals surface area contributed by atoms with Gasteiger partial charge in [0, 0.05) is 0 Å². The van der Waals surface area contributed by atoms with E-state index in [1.54, 1.807) is 0 Å². The molecule has 0 aliphatic carbocycles. The van der Waals surface area contributed by atoms with Gasteiger partial charge in [0.1, 0.15) is 13.6 Å². The lowest BCUT2D eigenvalue weighted by molar-refractivity contribution is 0.0591. The smallest absolute Gasteiger partial charge is 0.358 e. The number of hydrogen-bond donors (Lipinski definition) is 0. The van der Waals surface area contributed by atoms with E-state index < -0.39 is 14.0 Å². The van der Waals surface area contributed by atoms with Crippen molar-refractivity contribution < 1.29 is 19.0 Å². The van der Waals surface area contributed by atoms with Crippen LogP contribution in [0.25, 0.3) is 0 Å². The fraction of sp³-hybridized carbons (Fsp3) is 0.462. The summed E-state index contributed by atoms with van der Waals surface area (Å²) in [4.78, 5) is 19.8. The van der Waals surface area contributed by atoms with E-state index in [0.717, 1.165) is 0 Å². The van der Waals surface area contributed by atoms with E-state index in [9.17, 15) is 4.79 Å². The van der Waals surface area contributed by atoms with Gasteiger partial charge in [-0.25, -0.2) is 4.79 Å². The first-order valence-corrected chi connectivity index (χ1v) is 9.44. The average Bonchev–Trinajstić information content (AvgIpc) is 2.42. The Balaban J connectivity index is 3.51. The molecule has 0 aliphatic heterocycles. The number of methoxy groups -OCH3 is 3. The molecule has 0 N–H and O–H groups in total. The Hall–Kier alpha value is -2.07. The third-order valence-electron chi connectivity index (χ3n) is 2.17. The minimum atomic E-state index is -1.62. The Kier molecular flexibility index (Phi) is 5.10. The molecule has 7 heteroatoms. The molecule has 0 fully saturated rings. The summed E-state index contributed by atoms with van der Waals surface area (Å²) in [6.45, 7) is 6.28. The van der Waals surface area contributed by atoms with Crippen molar-refractivity contribution in [3.63, 3.8) is 0 Å². The molecule has 0 spiro atoms. The second-order valence-corrected chi connectivity index (χ2v) is 9.68.